The lowest BCUT2D eigenvalue weighted by Gasteiger charge is -2.06. The summed E-state index contributed by atoms with van der Waals surface area (Å²) < 4.78 is 0. The van der Waals surface area contributed by atoms with Gasteiger partial charge in [-0.2, -0.15) is 0 Å². The first-order chi connectivity index (χ1) is 8.56. The highest BCUT2D eigenvalue weighted by molar-refractivity contribution is 7.98. The largest absolute Gasteiger partial charge is 0.237 e. The topological polar surface area (TPSA) is 25.8 Å². The number of rotatable bonds is 3. The van der Waals surface area contributed by atoms with Crippen molar-refractivity contribution in [1.82, 2.24) is 9.97 Å². The fourth-order valence-corrected chi connectivity index (χ4v) is 2.67. The minimum Gasteiger partial charge on any atom is -0.237 e. The monoisotopic (exact) mass is 278 g/mol. The van der Waals surface area contributed by atoms with E-state index in [-0.39, 0.29) is 0 Å². The summed E-state index contributed by atoms with van der Waals surface area (Å²) in [5, 5.41) is 0.558. The molecule has 0 aliphatic heterocycles. The Morgan fingerprint density at radius 2 is 1.94 bits per heavy atom. The summed E-state index contributed by atoms with van der Waals surface area (Å²) in [7, 11) is 0. The zero-order valence-electron chi connectivity index (χ0n) is 10.7. The smallest absolute Gasteiger partial charge is 0.140 e. The standard InChI is InChI=1S/C14H15ClN2S/c1-9-5-4-6-12(7-9)18-8-13-16-11(3)10(2)14(15)17-13/h4-7H,8H2,1-3H3. The highest BCUT2D eigenvalue weighted by Crippen LogP contribution is 2.23. The van der Waals surface area contributed by atoms with Crippen molar-refractivity contribution in [3.63, 3.8) is 0 Å². The molecule has 0 spiro atoms. The van der Waals surface area contributed by atoms with Gasteiger partial charge in [0.1, 0.15) is 11.0 Å². The third kappa shape index (κ3) is 3.24. The first kappa shape index (κ1) is 13.4. The fourth-order valence-electron chi connectivity index (χ4n) is 1.57. The van der Waals surface area contributed by atoms with Gasteiger partial charge in [0.2, 0.25) is 0 Å². The lowest BCUT2D eigenvalue weighted by Crippen LogP contribution is -1.99. The third-order valence-electron chi connectivity index (χ3n) is 2.73. The van der Waals surface area contributed by atoms with Crippen LogP contribution in [0.4, 0.5) is 0 Å². The van der Waals surface area contributed by atoms with E-state index >= 15 is 0 Å². The number of benzene rings is 1. The quantitative estimate of drug-likeness (QED) is 0.617. The van der Waals surface area contributed by atoms with Crippen LogP contribution in [-0.4, -0.2) is 9.97 Å². The van der Waals surface area contributed by atoms with Gasteiger partial charge in [-0.15, -0.1) is 11.8 Å². The highest BCUT2D eigenvalue weighted by Gasteiger charge is 2.06. The van der Waals surface area contributed by atoms with E-state index in [1.807, 2.05) is 13.8 Å². The van der Waals surface area contributed by atoms with E-state index < -0.39 is 0 Å². The summed E-state index contributed by atoms with van der Waals surface area (Å²) in [6.07, 6.45) is 0. The molecule has 0 radical (unpaired) electrons. The summed E-state index contributed by atoms with van der Waals surface area (Å²) >= 11 is 7.79. The van der Waals surface area contributed by atoms with Gasteiger partial charge in [-0.25, -0.2) is 9.97 Å². The maximum atomic E-state index is 6.07. The molecule has 0 atom stereocenters. The predicted octanol–water partition coefficient (Wildman–Crippen LogP) is 4.35. The van der Waals surface area contributed by atoms with Crippen LogP contribution >= 0.6 is 23.4 Å². The lowest BCUT2D eigenvalue weighted by atomic mass is 10.2. The van der Waals surface area contributed by atoms with Crippen LogP contribution in [0, 0.1) is 20.8 Å². The van der Waals surface area contributed by atoms with Crippen LogP contribution < -0.4 is 0 Å². The van der Waals surface area contributed by atoms with Gasteiger partial charge in [0.05, 0.1) is 5.75 Å². The summed E-state index contributed by atoms with van der Waals surface area (Å²) in [5.41, 5.74) is 3.18. The van der Waals surface area contributed by atoms with Gasteiger partial charge in [-0.1, -0.05) is 29.3 Å². The molecule has 0 N–H and O–H groups in total. The molecule has 0 aliphatic rings. The Balaban J connectivity index is 2.11. The Morgan fingerprint density at radius 1 is 1.17 bits per heavy atom. The second-order valence-electron chi connectivity index (χ2n) is 4.25. The van der Waals surface area contributed by atoms with Crippen molar-refractivity contribution in [2.45, 2.75) is 31.4 Å². The summed E-state index contributed by atoms with van der Waals surface area (Å²) in [6, 6.07) is 8.41. The SMILES string of the molecule is Cc1cccc(SCc2nc(C)c(C)c(Cl)n2)c1. The molecule has 18 heavy (non-hydrogen) atoms. The molecule has 0 aliphatic carbocycles. The zero-order valence-corrected chi connectivity index (χ0v) is 12.3. The van der Waals surface area contributed by atoms with Crippen LogP contribution in [0.1, 0.15) is 22.6 Å². The first-order valence-corrected chi connectivity index (χ1v) is 7.11. The van der Waals surface area contributed by atoms with E-state index in [1.165, 1.54) is 10.5 Å². The molecule has 1 aromatic carbocycles. The van der Waals surface area contributed by atoms with Crippen molar-refractivity contribution in [3.8, 4) is 0 Å². The van der Waals surface area contributed by atoms with Gasteiger partial charge in [0.15, 0.2) is 0 Å². The summed E-state index contributed by atoms with van der Waals surface area (Å²) in [5.74, 6) is 1.53. The molecule has 4 heteroatoms. The van der Waals surface area contributed by atoms with E-state index in [4.69, 9.17) is 11.6 Å². The molecule has 0 fully saturated rings. The molecule has 2 aromatic rings. The molecule has 0 saturated heterocycles. The van der Waals surface area contributed by atoms with Crippen LogP contribution in [0.15, 0.2) is 29.2 Å². The van der Waals surface area contributed by atoms with Crippen molar-refractivity contribution >= 4 is 23.4 Å². The van der Waals surface area contributed by atoms with Crippen LogP contribution in [0.25, 0.3) is 0 Å². The number of aryl methyl sites for hydroxylation is 2. The molecule has 0 unspecified atom stereocenters. The number of nitrogens with zero attached hydrogens (tertiary/aromatic N) is 2. The van der Waals surface area contributed by atoms with Crippen molar-refractivity contribution in [3.05, 3.63) is 52.1 Å². The van der Waals surface area contributed by atoms with E-state index in [0.717, 1.165) is 22.8 Å². The van der Waals surface area contributed by atoms with Gasteiger partial charge in [-0.05, 0) is 32.9 Å². The van der Waals surface area contributed by atoms with Crippen molar-refractivity contribution in [1.29, 1.82) is 0 Å². The van der Waals surface area contributed by atoms with Gasteiger partial charge in [0, 0.05) is 16.2 Å². The highest BCUT2D eigenvalue weighted by atomic mass is 35.5. The maximum Gasteiger partial charge on any atom is 0.140 e. The molecule has 0 saturated carbocycles. The third-order valence-corrected chi connectivity index (χ3v) is 4.09. The molecular weight excluding hydrogens is 264 g/mol. The summed E-state index contributed by atoms with van der Waals surface area (Å²) in [6.45, 7) is 5.99. The number of hydrogen-bond donors (Lipinski definition) is 0. The molecule has 1 heterocycles. The number of aromatic nitrogens is 2. The zero-order chi connectivity index (χ0) is 13.1. The van der Waals surface area contributed by atoms with Crippen molar-refractivity contribution < 1.29 is 0 Å². The molecule has 1 aromatic heterocycles. The van der Waals surface area contributed by atoms with Crippen LogP contribution in [-0.2, 0) is 5.75 Å². The van der Waals surface area contributed by atoms with E-state index in [1.54, 1.807) is 11.8 Å². The van der Waals surface area contributed by atoms with Gasteiger partial charge >= 0.3 is 0 Å². The second-order valence-corrected chi connectivity index (χ2v) is 5.65. The normalized spacial score (nSPS) is 10.7. The second kappa shape index (κ2) is 5.72. The average molecular weight is 279 g/mol. The molecule has 94 valence electrons. The number of halogens is 1. The number of hydrogen-bond acceptors (Lipinski definition) is 3. The Kier molecular flexibility index (Phi) is 4.25. The van der Waals surface area contributed by atoms with Gasteiger partial charge in [0.25, 0.3) is 0 Å². The predicted molar refractivity (Wildman–Crippen MR) is 77.3 cm³/mol. The minimum atomic E-state index is 0.558. The Morgan fingerprint density at radius 3 is 2.61 bits per heavy atom. The van der Waals surface area contributed by atoms with Crippen LogP contribution in [0.3, 0.4) is 0 Å². The van der Waals surface area contributed by atoms with E-state index in [9.17, 15) is 0 Å². The van der Waals surface area contributed by atoms with E-state index in [0.29, 0.717) is 5.15 Å². The van der Waals surface area contributed by atoms with Crippen LogP contribution in [0.2, 0.25) is 5.15 Å². The van der Waals surface area contributed by atoms with Gasteiger partial charge < -0.3 is 0 Å². The first-order valence-electron chi connectivity index (χ1n) is 5.75. The lowest BCUT2D eigenvalue weighted by molar-refractivity contribution is 0.973. The Hall–Kier alpha value is -1.06. The Bertz CT molecular complexity index is 546. The number of thioether (sulfide) groups is 1. The fraction of sp³-hybridized carbons (Fsp3) is 0.286. The maximum absolute atomic E-state index is 6.07. The Labute approximate surface area is 117 Å². The molecule has 2 rings (SSSR count). The molecule has 2 nitrogen and oxygen atoms in total. The molecule has 0 amide bonds. The average Bonchev–Trinajstić information content (AvgIpc) is 2.33. The van der Waals surface area contributed by atoms with Crippen LogP contribution in [0.5, 0.6) is 0 Å². The van der Waals surface area contributed by atoms with Crippen molar-refractivity contribution in [2.75, 3.05) is 0 Å². The van der Waals surface area contributed by atoms with Gasteiger partial charge in [-0.3, -0.25) is 0 Å². The van der Waals surface area contributed by atoms with Crippen molar-refractivity contribution in [2.24, 2.45) is 0 Å². The van der Waals surface area contributed by atoms with E-state index in [2.05, 4.69) is 41.2 Å². The minimum absolute atomic E-state index is 0.558. The summed E-state index contributed by atoms with van der Waals surface area (Å²) in [4.78, 5) is 9.99. The molecule has 0 bridgehead atoms. The molecular formula is C14H15ClN2S.